The standard InChI is InChI=1S/C22H18NO.C7H8O3S/c1-23-16-21(19-10-6-3-7-11-19)24-22(23)20-14-12-18(13-15-20)17-8-4-2-5-9-17;1-6-2-4-7(5-3-6)11(8,9)10/h2-16H,1H3;2-5H,1H3,(H,8,9,10)/q+1;/p-1. The summed E-state index contributed by atoms with van der Waals surface area (Å²) in [6.45, 7) is 1.82. The normalized spacial score (nSPS) is 10.9. The van der Waals surface area contributed by atoms with Gasteiger partial charge < -0.3 is 8.97 Å². The molecular weight excluding hydrogens is 458 g/mol. The third-order valence-corrected chi connectivity index (χ3v) is 6.29. The van der Waals surface area contributed by atoms with Gasteiger partial charge in [-0.1, -0.05) is 90.5 Å². The molecule has 0 saturated heterocycles. The van der Waals surface area contributed by atoms with Gasteiger partial charge in [-0.25, -0.2) is 8.42 Å². The molecule has 0 amide bonds. The van der Waals surface area contributed by atoms with Gasteiger partial charge in [-0.15, -0.1) is 0 Å². The predicted molar refractivity (Wildman–Crippen MR) is 135 cm³/mol. The van der Waals surface area contributed by atoms with Gasteiger partial charge >= 0.3 is 5.89 Å². The Kier molecular flexibility index (Phi) is 7.25. The lowest BCUT2D eigenvalue weighted by Crippen LogP contribution is -2.26. The highest BCUT2D eigenvalue weighted by atomic mass is 32.2. The smallest absolute Gasteiger partial charge is 0.380 e. The molecule has 0 radical (unpaired) electrons. The molecule has 176 valence electrons. The van der Waals surface area contributed by atoms with Crippen LogP contribution in [0.4, 0.5) is 0 Å². The Hall–Kier alpha value is -4.00. The van der Waals surface area contributed by atoms with Crippen LogP contribution >= 0.6 is 0 Å². The molecule has 5 nitrogen and oxygen atoms in total. The summed E-state index contributed by atoms with van der Waals surface area (Å²) in [5.41, 5.74) is 5.51. The second-order valence-corrected chi connectivity index (χ2v) is 9.47. The second-order valence-electron chi connectivity index (χ2n) is 8.09. The number of hydrogen-bond acceptors (Lipinski definition) is 4. The van der Waals surface area contributed by atoms with Gasteiger partial charge in [0.15, 0.2) is 0 Å². The molecule has 0 fully saturated rings. The molecule has 5 aromatic rings. The largest absolute Gasteiger partial charge is 0.744 e. The summed E-state index contributed by atoms with van der Waals surface area (Å²) in [6.07, 6.45) is 2.02. The molecule has 4 aromatic carbocycles. The molecule has 0 unspecified atom stereocenters. The number of oxazole rings is 1. The molecular formula is C29H25NO4S. The SMILES string of the molecule is C[n+]1cc(-c2ccccc2)oc1-c1ccc(-c2ccccc2)cc1.Cc1ccc(S(=O)(=O)[O-])cc1. The average molecular weight is 484 g/mol. The van der Waals surface area contributed by atoms with Crippen molar-refractivity contribution in [3.05, 3.63) is 121 Å². The highest BCUT2D eigenvalue weighted by Gasteiger charge is 2.19. The van der Waals surface area contributed by atoms with Crippen molar-refractivity contribution in [1.29, 1.82) is 0 Å². The van der Waals surface area contributed by atoms with Crippen LogP contribution in [0, 0.1) is 6.92 Å². The number of rotatable bonds is 4. The predicted octanol–water partition coefficient (Wildman–Crippen LogP) is 6.00. The lowest BCUT2D eigenvalue weighted by Gasteiger charge is -2.05. The van der Waals surface area contributed by atoms with Crippen LogP contribution in [-0.4, -0.2) is 13.0 Å². The van der Waals surface area contributed by atoms with Crippen LogP contribution in [0.3, 0.4) is 0 Å². The quantitative estimate of drug-likeness (QED) is 0.232. The summed E-state index contributed by atoms with van der Waals surface area (Å²) in [6, 6.07) is 34.8. The maximum absolute atomic E-state index is 10.4. The maximum atomic E-state index is 10.4. The number of aryl methyl sites for hydroxylation is 2. The first-order valence-corrected chi connectivity index (χ1v) is 12.5. The fraction of sp³-hybridized carbons (Fsp3) is 0.0690. The molecule has 1 heterocycles. The molecule has 0 aliphatic heterocycles. The van der Waals surface area contributed by atoms with Crippen LogP contribution in [0.1, 0.15) is 5.56 Å². The number of nitrogens with zero attached hydrogens (tertiary/aromatic N) is 1. The van der Waals surface area contributed by atoms with E-state index in [1.165, 1.54) is 23.3 Å². The third kappa shape index (κ3) is 6.12. The zero-order valence-electron chi connectivity index (χ0n) is 19.5. The molecule has 35 heavy (non-hydrogen) atoms. The Bertz CT molecular complexity index is 1490. The van der Waals surface area contributed by atoms with Crippen molar-refractivity contribution >= 4 is 10.1 Å². The lowest BCUT2D eigenvalue weighted by molar-refractivity contribution is -0.662. The Labute approximate surface area is 205 Å². The minimum atomic E-state index is -4.27. The van der Waals surface area contributed by atoms with E-state index in [0.717, 1.165) is 28.3 Å². The van der Waals surface area contributed by atoms with Crippen molar-refractivity contribution in [3.63, 3.8) is 0 Å². The van der Waals surface area contributed by atoms with E-state index >= 15 is 0 Å². The zero-order valence-corrected chi connectivity index (χ0v) is 20.3. The molecule has 0 N–H and O–H groups in total. The van der Waals surface area contributed by atoms with Crippen LogP contribution in [-0.2, 0) is 17.2 Å². The minimum absolute atomic E-state index is 0.178. The number of benzene rings is 4. The van der Waals surface area contributed by atoms with Crippen molar-refractivity contribution in [1.82, 2.24) is 0 Å². The van der Waals surface area contributed by atoms with Gasteiger partial charge in [0.05, 0.1) is 10.5 Å². The summed E-state index contributed by atoms with van der Waals surface area (Å²) in [5.74, 6) is 1.73. The first kappa shape index (κ1) is 24.1. The van der Waals surface area contributed by atoms with Crippen molar-refractivity contribution in [2.45, 2.75) is 11.8 Å². The summed E-state index contributed by atoms with van der Waals surface area (Å²) in [4.78, 5) is -0.178. The highest BCUT2D eigenvalue weighted by Crippen LogP contribution is 2.27. The molecule has 0 aliphatic carbocycles. The molecule has 0 bridgehead atoms. The summed E-state index contributed by atoms with van der Waals surface area (Å²) >= 11 is 0. The lowest BCUT2D eigenvalue weighted by atomic mass is 10.0. The molecule has 6 heteroatoms. The van der Waals surface area contributed by atoms with Gasteiger partial charge in [0.1, 0.15) is 17.2 Å². The maximum Gasteiger partial charge on any atom is 0.380 e. The molecule has 0 aliphatic rings. The van der Waals surface area contributed by atoms with E-state index in [4.69, 9.17) is 4.42 Å². The van der Waals surface area contributed by atoms with E-state index in [1.807, 2.05) is 49.0 Å². The molecule has 0 spiro atoms. The number of hydrogen-bond donors (Lipinski definition) is 0. The average Bonchev–Trinajstić information content (AvgIpc) is 3.27. The molecule has 5 rings (SSSR count). The topological polar surface area (TPSA) is 74.2 Å². The van der Waals surface area contributed by atoms with Crippen LogP contribution in [0.5, 0.6) is 0 Å². The highest BCUT2D eigenvalue weighted by molar-refractivity contribution is 7.85. The second kappa shape index (κ2) is 10.5. The van der Waals surface area contributed by atoms with Crippen molar-refractivity contribution in [2.24, 2.45) is 7.05 Å². The number of aromatic nitrogens is 1. The van der Waals surface area contributed by atoms with Gasteiger partial charge in [-0.3, -0.25) is 0 Å². The Morgan fingerprint density at radius 1 is 0.657 bits per heavy atom. The molecule has 0 atom stereocenters. The minimum Gasteiger partial charge on any atom is -0.744 e. The summed E-state index contributed by atoms with van der Waals surface area (Å²) in [7, 11) is -2.26. The van der Waals surface area contributed by atoms with E-state index < -0.39 is 10.1 Å². The summed E-state index contributed by atoms with van der Waals surface area (Å²) < 4.78 is 39.3. The Morgan fingerprint density at radius 2 is 1.14 bits per heavy atom. The van der Waals surface area contributed by atoms with Crippen LogP contribution in [0.25, 0.3) is 33.9 Å². The Morgan fingerprint density at radius 3 is 1.69 bits per heavy atom. The van der Waals surface area contributed by atoms with E-state index in [2.05, 4.69) is 60.7 Å². The van der Waals surface area contributed by atoms with Crippen LogP contribution in [0.15, 0.2) is 125 Å². The van der Waals surface area contributed by atoms with E-state index in [-0.39, 0.29) is 4.90 Å². The van der Waals surface area contributed by atoms with Crippen LogP contribution < -0.4 is 4.57 Å². The first-order chi connectivity index (χ1) is 16.8. The van der Waals surface area contributed by atoms with Gasteiger partial charge in [0.2, 0.25) is 12.0 Å². The van der Waals surface area contributed by atoms with Crippen LogP contribution in [0.2, 0.25) is 0 Å². The summed E-state index contributed by atoms with van der Waals surface area (Å²) in [5, 5.41) is 0. The van der Waals surface area contributed by atoms with Crippen molar-refractivity contribution in [2.75, 3.05) is 0 Å². The van der Waals surface area contributed by atoms with E-state index in [9.17, 15) is 13.0 Å². The van der Waals surface area contributed by atoms with E-state index in [1.54, 1.807) is 12.1 Å². The van der Waals surface area contributed by atoms with Crippen molar-refractivity contribution < 1.29 is 22.0 Å². The zero-order chi connectivity index (χ0) is 24.8. The van der Waals surface area contributed by atoms with Gasteiger partial charge in [-0.05, 0) is 42.3 Å². The van der Waals surface area contributed by atoms with Gasteiger partial charge in [0.25, 0.3) is 0 Å². The molecule has 0 saturated carbocycles. The molecule has 1 aromatic heterocycles. The fourth-order valence-electron chi connectivity index (χ4n) is 3.58. The monoisotopic (exact) mass is 483 g/mol. The van der Waals surface area contributed by atoms with Gasteiger partial charge in [0, 0.05) is 5.56 Å². The van der Waals surface area contributed by atoms with Gasteiger partial charge in [-0.2, -0.15) is 4.57 Å². The van der Waals surface area contributed by atoms with Crippen molar-refractivity contribution in [3.8, 4) is 33.9 Å². The van der Waals surface area contributed by atoms with E-state index in [0.29, 0.717) is 0 Å². The third-order valence-electron chi connectivity index (χ3n) is 5.44. The fourth-order valence-corrected chi connectivity index (χ4v) is 4.05. The first-order valence-electron chi connectivity index (χ1n) is 11.0. The Balaban J connectivity index is 0.000000221.